The summed E-state index contributed by atoms with van der Waals surface area (Å²) in [6.45, 7) is -0.335. The molecule has 0 spiro atoms. The maximum Gasteiger partial charge on any atom is 0.261 e. The van der Waals surface area contributed by atoms with E-state index < -0.39 is 13.0 Å². The molecule has 1 N–H and O–H groups in total. The fourth-order valence-corrected chi connectivity index (χ4v) is 1.61. The molecule has 0 atom stereocenters. The molecule has 0 saturated heterocycles. The number of rotatable bonds is 6. The third-order valence-electron chi connectivity index (χ3n) is 1.89. The zero-order chi connectivity index (χ0) is 12.7. The maximum atomic E-state index is 11.7. The molecule has 0 aromatic heterocycles. The molecule has 1 amide bonds. The van der Waals surface area contributed by atoms with Gasteiger partial charge in [-0.05, 0) is 28.1 Å². The summed E-state index contributed by atoms with van der Waals surface area (Å²) < 4.78 is 28.8. The first kappa shape index (κ1) is 14.1. The van der Waals surface area contributed by atoms with Crippen molar-refractivity contribution in [2.45, 2.75) is 6.43 Å². The summed E-state index contributed by atoms with van der Waals surface area (Å²) in [7, 11) is 0. The average molecular weight is 308 g/mol. The van der Waals surface area contributed by atoms with Crippen molar-refractivity contribution in [1.82, 2.24) is 5.32 Å². The standard InChI is InChI=1S/C11H12BrF2NO2/c12-9-4-2-1-3-8(9)11(16)15-5-6-17-7-10(13)14/h1-4,10H,5-7H2,(H,15,16). The fourth-order valence-electron chi connectivity index (χ4n) is 1.15. The minimum absolute atomic E-state index is 0.0700. The Balaban J connectivity index is 2.29. The predicted molar refractivity (Wildman–Crippen MR) is 63.3 cm³/mol. The number of alkyl halides is 2. The highest BCUT2D eigenvalue weighted by molar-refractivity contribution is 9.10. The maximum absolute atomic E-state index is 11.7. The van der Waals surface area contributed by atoms with E-state index in [2.05, 4.69) is 26.0 Å². The van der Waals surface area contributed by atoms with E-state index in [1.807, 2.05) is 0 Å². The van der Waals surface area contributed by atoms with Crippen molar-refractivity contribution in [3.05, 3.63) is 34.3 Å². The highest BCUT2D eigenvalue weighted by atomic mass is 79.9. The number of hydrogen-bond acceptors (Lipinski definition) is 2. The van der Waals surface area contributed by atoms with Crippen LogP contribution in [0.25, 0.3) is 0 Å². The summed E-state index contributed by atoms with van der Waals surface area (Å²) in [5.41, 5.74) is 0.501. The van der Waals surface area contributed by atoms with Gasteiger partial charge in [-0.15, -0.1) is 0 Å². The number of carbonyl (C=O) groups is 1. The first-order chi connectivity index (χ1) is 8.11. The first-order valence-electron chi connectivity index (χ1n) is 5.00. The van der Waals surface area contributed by atoms with Gasteiger partial charge in [-0.2, -0.15) is 0 Å². The lowest BCUT2D eigenvalue weighted by Crippen LogP contribution is -2.28. The zero-order valence-corrected chi connectivity index (χ0v) is 10.5. The van der Waals surface area contributed by atoms with Crippen LogP contribution in [0.15, 0.2) is 28.7 Å². The molecule has 0 aliphatic heterocycles. The van der Waals surface area contributed by atoms with Gasteiger partial charge in [0.15, 0.2) is 0 Å². The summed E-state index contributed by atoms with van der Waals surface area (Å²) in [5.74, 6) is -0.266. The molecule has 1 rings (SSSR count). The van der Waals surface area contributed by atoms with Crippen LogP contribution in [0.1, 0.15) is 10.4 Å². The molecule has 0 radical (unpaired) electrons. The van der Waals surface area contributed by atoms with Crippen LogP contribution in [0.3, 0.4) is 0 Å². The van der Waals surface area contributed by atoms with Gasteiger partial charge in [0.1, 0.15) is 6.61 Å². The Morgan fingerprint density at radius 3 is 2.76 bits per heavy atom. The normalized spacial score (nSPS) is 10.6. The molecule has 94 valence electrons. The minimum Gasteiger partial charge on any atom is -0.374 e. The fraction of sp³-hybridized carbons (Fsp3) is 0.364. The van der Waals surface area contributed by atoms with Crippen LogP contribution in [-0.2, 0) is 4.74 Å². The van der Waals surface area contributed by atoms with Gasteiger partial charge >= 0.3 is 0 Å². The van der Waals surface area contributed by atoms with Crippen molar-refractivity contribution in [3.63, 3.8) is 0 Å². The highest BCUT2D eigenvalue weighted by Crippen LogP contribution is 2.15. The van der Waals surface area contributed by atoms with Gasteiger partial charge in [0.05, 0.1) is 12.2 Å². The van der Waals surface area contributed by atoms with Crippen LogP contribution >= 0.6 is 15.9 Å². The zero-order valence-electron chi connectivity index (χ0n) is 8.96. The highest BCUT2D eigenvalue weighted by Gasteiger charge is 2.08. The van der Waals surface area contributed by atoms with Crippen LogP contribution < -0.4 is 5.32 Å². The lowest BCUT2D eigenvalue weighted by Gasteiger charge is -2.07. The van der Waals surface area contributed by atoms with Crippen molar-refractivity contribution in [1.29, 1.82) is 0 Å². The quantitative estimate of drug-likeness (QED) is 0.820. The van der Waals surface area contributed by atoms with Crippen LogP contribution in [0.2, 0.25) is 0 Å². The smallest absolute Gasteiger partial charge is 0.261 e. The Bertz CT molecular complexity index is 374. The van der Waals surface area contributed by atoms with E-state index in [4.69, 9.17) is 0 Å². The number of hydrogen-bond donors (Lipinski definition) is 1. The molecular formula is C11H12BrF2NO2. The number of ether oxygens (including phenoxy) is 1. The first-order valence-corrected chi connectivity index (χ1v) is 5.79. The Morgan fingerprint density at radius 1 is 1.41 bits per heavy atom. The summed E-state index contributed by atoms with van der Waals surface area (Å²) >= 11 is 3.25. The number of amides is 1. The Hall–Kier alpha value is -1.01. The van der Waals surface area contributed by atoms with Crippen molar-refractivity contribution in [2.24, 2.45) is 0 Å². The topological polar surface area (TPSA) is 38.3 Å². The van der Waals surface area contributed by atoms with Crippen molar-refractivity contribution >= 4 is 21.8 Å². The molecule has 1 aromatic rings. The minimum atomic E-state index is -2.48. The van der Waals surface area contributed by atoms with E-state index >= 15 is 0 Å². The van der Waals surface area contributed by atoms with E-state index in [9.17, 15) is 13.6 Å². The van der Waals surface area contributed by atoms with E-state index in [1.165, 1.54) is 0 Å². The van der Waals surface area contributed by atoms with Gasteiger partial charge in [0, 0.05) is 11.0 Å². The van der Waals surface area contributed by atoms with E-state index in [0.29, 0.717) is 10.0 Å². The van der Waals surface area contributed by atoms with Crippen molar-refractivity contribution in [2.75, 3.05) is 19.8 Å². The van der Waals surface area contributed by atoms with Gasteiger partial charge in [-0.25, -0.2) is 8.78 Å². The Kier molecular flexibility index (Phi) is 6.07. The van der Waals surface area contributed by atoms with Crippen molar-refractivity contribution < 1.29 is 18.3 Å². The van der Waals surface area contributed by atoms with E-state index in [0.717, 1.165) is 0 Å². The van der Waals surface area contributed by atoms with Gasteiger partial charge in [-0.3, -0.25) is 4.79 Å². The molecule has 17 heavy (non-hydrogen) atoms. The van der Waals surface area contributed by atoms with Gasteiger partial charge in [0.2, 0.25) is 0 Å². The van der Waals surface area contributed by atoms with Crippen LogP contribution in [0.4, 0.5) is 8.78 Å². The summed E-state index contributed by atoms with van der Waals surface area (Å²) in [4.78, 5) is 11.6. The molecule has 0 heterocycles. The van der Waals surface area contributed by atoms with Crippen LogP contribution in [0.5, 0.6) is 0 Å². The van der Waals surface area contributed by atoms with Gasteiger partial charge in [0.25, 0.3) is 12.3 Å². The second-order valence-corrected chi connectivity index (χ2v) is 4.06. The molecule has 1 aromatic carbocycles. The molecule has 0 aliphatic rings. The SMILES string of the molecule is O=C(NCCOCC(F)F)c1ccccc1Br. The van der Waals surface area contributed by atoms with Gasteiger partial charge < -0.3 is 10.1 Å². The molecule has 0 aliphatic carbocycles. The summed E-state index contributed by atoms with van der Waals surface area (Å²) in [5, 5.41) is 2.57. The number of carbonyl (C=O) groups excluding carboxylic acids is 1. The molecule has 0 saturated carbocycles. The van der Waals surface area contributed by atoms with E-state index in [1.54, 1.807) is 24.3 Å². The molecule has 0 unspecified atom stereocenters. The lowest BCUT2D eigenvalue weighted by molar-refractivity contribution is 0.0188. The second kappa shape index (κ2) is 7.34. The third-order valence-corrected chi connectivity index (χ3v) is 2.59. The molecule has 6 heteroatoms. The van der Waals surface area contributed by atoms with Crippen LogP contribution in [0, 0.1) is 0 Å². The monoisotopic (exact) mass is 307 g/mol. The number of halogens is 3. The molecule has 3 nitrogen and oxygen atoms in total. The number of nitrogens with one attached hydrogen (secondary N) is 1. The second-order valence-electron chi connectivity index (χ2n) is 3.20. The Labute approximate surface area is 106 Å². The van der Waals surface area contributed by atoms with E-state index in [-0.39, 0.29) is 19.1 Å². The molecular weight excluding hydrogens is 296 g/mol. The molecule has 0 bridgehead atoms. The predicted octanol–water partition coefficient (Wildman–Crippen LogP) is 2.46. The summed E-state index contributed by atoms with van der Waals surface area (Å²) in [6.07, 6.45) is -2.48. The van der Waals surface area contributed by atoms with Crippen LogP contribution in [-0.4, -0.2) is 32.1 Å². The lowest BCUT2D eigenvalue weighted by atomic mass is 10.2. The van der Waals surface area contributed by atoms with Crippen molar-refractivity contribution in [3.8, 4) is 0 Å². The third kappa shape index (κ3) is 5.23. The Morgan fingerprint density at radius 2 is 2.12 bits per heavy atom. The molecule has 0 fully saturated rings. The average Bonchev–Trinajstić information content (AvgIpc) is 2.28. The summed E-state index contributed by atoms with van der Waals surface area (Å²) in [6, 6.07) is 6.96. The number of benzene rings is 1. The largest absolute Gasteiger partial charge is 0.374 e. The van der Waals surface area contributed by atoms with Gasteiger partial charge in [-0.1, -0.05) is 12.1 Å².